The molecule has 174 valence electrons. The lowest BCUT2D eigenvalue weighted by Gasteiger charge is -2.39. The molecule has 8 nitrogen and oxygen atoms in total. The first-order chi connectivity index (χ1) is 15.7. The molecule has 2 aromatic carbocycles. The molecular formula is C24H28N4O4S. The van der Waals surface area contributed by atoms with Crippen molar-refractivity contribution in [2.24, 2.45) is 0 Å². The van der Waals surface area contributed by atoms with Crippen LogP contribution in [0.4, 0.5) is 11.4 Å². The van der Waals surface area contributed by atoms with E-state index in [1.807, 2.05) is 23.1 Å². The minimum absolute atomic E-state index is 0.0481. The van der Waals surface area contributed by atoms with Crippen LogP contribution in [0.2, 0.25) is 0 Å². The summed E-state index contributed by atoms with van der Waals surface area (Å²) in [5.74, 6) is 0.00814. The fraction of sp³-hybridized carbons (Fsp3) is 0.417. The Morgan fingerprint density at radius 3 is 2.24 bits per heavy atom. The quantitative estimate of drug-likeness (QED) is 0.640. The highest BCUT2D eigenvalue weighted by Gasteiger charge is 2.40. The average molecular weight is 469 g/mol. The van der Waals surface area contributed by atoms with Gasteiger partial charge in [-0.3, -0.25) is 18.8 Å². The normalized spacial score (nSPS) is 21.8. The summed E-state index contributed by atoms with van der Waals surface area (Å²) in [6.07, 6.45) is 0.741. The number of piperazine rings is 1. The molecular weight excluding hydrogens is 440 g/mol. The number of carbonyl (C=O) groups excluding carboxylic acids is 2. The van der Waals surface area contributed by atoms with Gasteiger partial charge in [-0.15, -0.1) is 0 Å². The maximum absolute atomic E-state index is 13.6. The SMILES string of the molecule is CC(=O)N1CCN(C2c3cc4c(cc3N(C)S(=O)(=O)c3ccccc32)N(C(C)=O)CC4)CC1. The van der Waals surface area contributed by atoms with E-state index in [0.717, 1.165) is 28.8 Å². The average Bonchev–Trinajstić information content (AvgIpc) is 3.19. The minimum atomic E-state index is -3.78. The van der Waals surface area contributed by atoms with Gasteiger partial charge in [-0.1, -0.05) is 18.2 Å². The number of amides is 2. The summed E-state index contributed by atoms with van der Waals surface area (Å²) in [7, 11) is -2.20. The summed E-state index contributed by atoms with van der Waals surface area (Å²) in [6, 6.07) is 10.9. The highest BCUT2D eigenvalue weighted by molar-refractivity contribution is 7.92. The van der Waals surface area contributed by atoms with Crippen LogP contribution in [0.25, 0.3) is 0 Å². The molecule has 9 heteroatoms. The zero-order valence-corrected chi connectivity index (χ0v) is 19.9. The van der Waals surface area contributed by atoms with Gasteiger partial charge in [0.2, 0.25) is 11.8 Å². The Balaban J connectivity index is 1.70. The Labute approximate surface area is 194 Å². The fourth-order valence-electron chi connectivity index (χ4n) is 5.34. The number of carbonyl (C=O) groups is 2. The zero-order chi connectivity index (χ0) is 23.5. The molecule has 1 fully saturated rings. The topological polar surface area (TPSA) is 81.2 Å². The molecule has 3 aliphatic rings. The van der Waals surface area contributed by atoms with Gasteiger partial charge in [-0.25, -0.2) is 8.42 Å². The van der Waals surface area contributed by atoms with Crippen molar-refractivity contribution in [1.82, 2.24) is 9.80 Å². The Hall–Kier alpha value is -2.91. The van der Waals surface area contributed by atoms with Gasteiger partial charge in [0.1, 0.15) is 0 Å². The predicted molar refractivity (Wildman–Crippen MR) is 126 cm³/mol. The molecule has 1 atom stereocenters. The number of benzene rings is 2. The van der Waals surface area contributed by atoms with E-state index < -0.39 is 10.0 Å². The highest BCUT2D eigenvalue weighted by atomic mass is 32.2. The van der Waals surface area contributed by atoms with E-state index in [-0.39, 0.29) is 17.9 Å². The molecule has 3 heterocycles. The second-order valence-electron chi connectivity index (χ2n) is 8.92. The van der Waals surface area contributed by atoms with Gasteiger partial charge in [0.15, 0.2) is 0 Å². The van der Waals surface area contributed by atoms with Crippen LogP contribution >= 0.6 is 0 Å². The second-order valence-corrected chi connectivity index (χ2v) is 10.9. The maximum Gasteiger partial charge on any atom is 0.264 e. The van der Waals surface area contributed by atoms with Crippen LogP contribution in [0.5, 0.6) is 0 Å². The van der Waals surface area contributed by atoms with Crippen molar-refractivity contribution in [3.63, 3.8) is 0 Å². The van der Waals surface area contributed by atoms with Gasteiger partial charge in [0, 0.05) is 59.3 Å². The maximum atomic E-state index is 13.6. The van der Waals surface area contributed by atoms with Crippen LogP contribution < -0.4 is 9.21 Å². The van der Waals surface area contributed by atoms with Crippen LogP contribution in [0, 0.1) is 0 Å². The summed E-state index contributed by atoms with van der Waals surface area (Å²) in [6.45, 7) is 6.23. The van der Waals surface area contributed by atoms with E-state index in [2.05, 4.69) is 11.0 Å². The third-order valence-corrected chi connectivity index (χ3v) is 8.96. The van der Waals surface area contributed by atoms with E-state index in [9.17, 15) is 18.0 Å². The summed E-state index contributed by atoms with van der Waals surface area (Å²) in [5.41, 5.74) is 4.11. The smallest absolute Gasteiger partial charge is 0.264 e. The number of rotatable bonds is 1. The minimum Gasteiger partial charge on any atom is -0.340 e. The van der Waals surface area contributed by atoms with Crippen molar-refractivity contribution in [3.8, 4) is 0 Å². The number of anilines is 2. The summed E-state index contributed by atoms with van der Waals surface area (Å²) in [4.78, 5) is 30.2. The lowest BCUT2D eigenvalue weighted by Crippen LogP contribution is -2.49. The second kappa shape index (κ2) is 7.85. The summed E-state index contributed by atoms with van der Waals surface area (Å²) < 4.78 is 28.6. The van der Waals surface area contributed by atoms with E-state index in [4.69, 9.17) is 0 Å². The van der Waals surface area contributed by atoms with Crippen molar-refractivity contribution < 1.29 is 18.0 Å². The van der Waals surface area contributed by atoms with Crippen LogP contribution in [0.15, 0.2) is 41.3 Å². The van der Waals surface area contributed by atoms with Crippen LogP contribution in [0.3, 0.4) is 0 Å². The molecule has 2 amide bonds. The monoisotopic (exact) mass is 468 g/mol. The number of hydrogen-bond donors (Lipinski definition) is 0. The molecule has 0 saturated carbocycles. The number of fused-ring (bicyclic) bond motifs is 3. The van der Waals surface area contributed by atoms with Crippen molar-refractivity contribution in [1.29, 1.82) is 0 Å². The van der Waals surface area contributed by atoms with Crippen molar-refractivity contribution in [3.05, 3.63) is 53.1 Å². The zero-order valence-electron chi connectivity index (χ0n) is 19.1. The molecule has 0 N–H and O–H groups in total. The van der Waals surface area contributed by atoms with Gasteiger partial charge in [-0.2, -0.15) is 0 Å². The van der Waals surface area contributed by atoms with Gasteiger partial charge in [0.25, 0.3) is 10.0 Å². The molecule has 33 heavy (non-hydrogen) atoms. The number of nitrogens with zero attached hydrogens (tertiary/aromatic N) is 4. The van der Waals surface area contributed by atoms with E-state index >= 15 is 0 Å². The third-order valence-electron chi connectivity index (χ3n) is 7.11. The van der Waals surface area contributed by atoms with Gasteiger partial charge in [0.05, 0.1) is 16.6 Å². The lowest BCUT2D eigenvalue weighted by atomic mass is 9.92. The summed E-state index contributed by atoms with van der Waals surface area (Å²) in [5, 5.41) is 0. The first-order valence-electron chi connectivity index (χ1n) is 11.2. The highest BCUT2D eigenvalue weighted by Crippen LogP contribution is 2.46. The molecule has 1 unspecified atom stereocenters. The molecule has 5 rings (SSSR count). The van der Waals surface area contributed by atoms with Crippen LogP contribution in [-0.4, -0.2) is 69.8 Å². The molecule has 0 aromatic heterocycles. The molecule has 0 spiro atoms. The molecule has 0 aliphatic carbocycles. The Morgan fingerprint density at radius 1 is 0.879 bits per heavy atom. The van der Waals surface area contributed by atoms with Crippen LogP contribution in [-0.2, 0) is 26.0 Å². The standard InChI is InChI=1S/C24H28N4O4S/c1-16(29)26-10-12-27(13-11-26)24-19-6-4-5-7-23(19)33(31,32)25(3)22-15-21-18(14-20(22)24)8-9-28(21)17(2)30/h4-7,14-15,24H,8-13H2,1-3H3. The van der Waals surface area contributed by atoms with Gasteiger partial charge in [-0.05, 0) is 41.3 Å². The van der Waals surface area contributed by atoms with Gasteiger partial charge < -0.3 is 9.80 Å². The van der Waals surface area contributed by atoms with Crippen molar-refractivity contribution >= 4 is 33.2 Å². The van der Waals surface area contributed by atoms with Crippen LogP contribution in [0.1, 0.15) is 36.6 Å². The largest absolute Gasteiger partial charge is 0.340 e. The Bertz CT molecular complexity index is 1250. The Kier molecular flexibility index (Phi) is 5.21. The third kappa shape index (κ3) is 3.41. The fourth-order valence-corrected chi connectivity index (χ4v) is 6.78. The molecule has 0 bridgehead atoms. The van der Waals surface area contributed by atoms with E-state index in [0.29, 0.717) is 43.3 Å². The first-order valence-corrected chi connectivity index (χ1v) is 12.7. The van der Waals surface area contributed by atoms with E-state index in [1.165, 1.54) is 11.2 Å². The van der Waals surface area contributed by atoms with Gasteiger partial charge >= 0.3 is 0 Å². The first kappa shape index (κ1) is 21.9. The van der Waals surface area contributed by atoms with E-state index in [1.54, 1.807) is 31.0 Å². The predicted octanol–water partition coefficient (Wildman–Crippen LogP) is 1.99. The number of sulfonamides is 1. The molecule has 3 aliphatic heterocycles. The van der Waals surface area contributed by atoms with Crippen molar-refractivity contribution in [2.45, 2.75) is 31.2 Å². The molecule has 1 saturated heterocycles. The molecule has 0 radical (unpaired) electrons. The molecule has 2 aromatic rings. The number of hydrogen-bond acceptors (Lipinski definition) is 5. The van der Waals surface area contributed by atoms with Crippen molar-refractivity contribution in [2.75, 3.05) is 49.0 Å². The lowest BCUT2D eigenvalue weighted by molar-refractivity contribution is -0.130. The summed E-state index contributed by atoms with van der Waals surface area (Å²) >= 11 is 0. The Morgan fingerprint density at radius 2 is 1.58 bits per heavy atom.